The second-order valence-corrected chi connectivity index (χ2v) is 11.7. The van der Waals surface area contributed by atoms with Crippen LogP contribution in [-0.4, -0.2) is 77.0 Å². The van der Waals surface area contributed by atoms with Gasteiger partial charge in [0.1, 0.15) is 12.1 Å². The average Bonchev–Trinajstić information content (AvgIpc) is 2.96. The first kappa shape index (κ1) is 32.5. The number of hydrogen-bond acceptors (Lipinski definition) is 5. The van der Waals surface area contributed by atoms with Gasteiger partial charge in [-0.2, -0.15) is 0 Å². The molecular weight excluding hydrogens is 528 g/mol. The minimum absolute atomic E-state index is 0.0628. The van der Waals surface area contributed by atoms with Gasteiger partial charge in [0.05, 0.1) is 6.10 Å². The molecule has 42 heavy (non-hydrogen) atoms. The number of nitrogens with one attached hydrogen (secondary N) is 1. The zero-order chi connectivity index (χ0) is 30.9. The van der Waals surface area contributed by atoms with Crippen LogP contribution >= 0.6 is 0 Å². The van der Waals surface area contributed by atoms with Gasteiger partial charge < -0.3 is 26.0 Å². The molecule has 0 spiro atoms. The van der Waals surface area contributed by atoms with Gasteiger partial charge in [-0.15, -0.1) is 0 Å². The molecule has 0 aromatic heterocycles. The fourth-order valence-corrected chi connectivity index (χ4v) is 4.71. The van der Waals surface area contributed by atoms with E-state index in [0.717, 1.165) is 21.9 Å². The lowest BCUT2D eigenvalue weighted by molar-refractivity contribution is -0.146. The van der Waals surface area contributed by atoms with Gasteiger partial charge in [0, 0.05) is 39.0 Å². The van der Waals surface area contributed by atoms with Crippen LogP contribution < -0.4 is 11.1 Å². The van der Waals surface area contributed by atoms with Gasteiger partial charge in [-0.05, 0) is 55.2 Å². The number of nitrogens with two attached hydrogens (primary N) is 1. The number of benzene rings is 3. The molecule has 0 aliphatic rings. The number of likely N-dealkylation sites (N-methyl/N-ethyl adjacent to an activating group) is 2. The molecule has 224 valence electrons. The van der Waals surface area contributed by atoms with Crippen molar-refractivity contribution in [3.8, 4) is 0 Å². The molecule has 0 bridgehead atoms. The topological polar surface area (TPSA) is 116 Å². The van der Waals surface area contributed by atoms with E-state index < -0.39 is 23.7 Å². The molecule has 0 fully saturated rings. The largest absolute Gasteiger partial charge is 0.392 e. The summed E-state index contributed by atoms with van der Waals surface area (Å²) in [7, 11) is 3.20. The smallest absolute Gasteiger partial charge is 0.246 e. The van der Waals surface area contributed by atoms with E-state index in [0.29, 0.717) is 6.42 Å². The molecule has 3 atom stereocenters. The van der Waals surface area contributed by atoms with Crippen molar-refractivity contribution >= 4 is 28.5 Å². The van der Waals surface area contributed by atoms with Gasteiger partial charge in [-0.3, -0.25) is 14.4 Å². The van der Waals surface area contributed by atoms with Gasteiger partial charge in [-0.1, -0.05) is 78.9 Å². The summed E-state index contributed by atoms with van der Waals surface area (Å²) in [6.45, 7) is 5.40. The van der Waals surface area contributed by atoms with Gasteiger partial charge in [0.25, 0.3) is 0 Å². The van der Waals surface area contributed by atoms with Crippen molar-refractivity contribution in [3.63, 3.8) is 0 Å². The van der Waals surface area contributed by atoms with E-state index in [1.165, 1.54) is 15.9 Å². The molecule has 3 aromatic rings. The van der Waals surface area contributed by atoms with Crippen LogP contribution in [0.2, 0.25) is 0 Å². The third-order valence-electron chi connectivity index (χ3n) is 7.21. The summed E-state index contributed by atoms with van der Waals surface area (Å²) < 4.78 is 0. The Morgan fingerprint density at radius 1 is 0.881 bits per heavy atom. The molecule has 0 heterocycles. The first-order valence-corrected chi connectivity index (χ1v) is 14.3. The summed E-state index contributed by atoms with van der Waals surface area (Å²) in [5.41, 5.74) is 7.38. The van der Waals surface area contributed by atoms with Crippen molar-refractivity contribution in [2.75, 3.05) is 20.6 Å². The number of carbonyl (C=O) groups excluding carboxylic acids is 3. The third kappa shape index (κ3) is 9.53. The SMILES string of the molecule is C[C@H](O)CNC(=O)[C@@H](Cc1ccccc1)N(C)C(=O)C(Cc1ccc2ccccc2c1)N(C)C(=O)C=CCC(C)(C)N. The molecule has 3 aromatic carbocycles. The number of amides is 3. The van der Waals surface area contributed by atoms with E-state index in [9.17, 15) is 19.5 Å². The van der Waals surface area contributed by atoms with Gasteiger partial charge in [-0.25, -0.2) is 0 Å². The van der Waals surface area contributed by atoms with E-state index in [1.54, 1.807) is 27.1 Å². The number of hydrogen-bond donors (Lipinski definition) is 3. The quantitative estimate of drug-likeness (QED) is 0.271. The molecule has 8 nitrogen and oxygen atoms in total. The highest BCUT2D eigenvalue weighted by molar-refractivity contribution is 5.95. The number of rotatable bonds is 13. The fraction of sp³-hybridized carbons (Fsp3) is 0.382. The summed E-state index contributed by atoms with van der Waals surface area (Å²) in [6, 6.07) is 21.7. The fourth-order valence-electron chi connectivity index (χ4n) is 4.71. The van der Waals surface area contributed by atoms with Crippen LogP contribution in [0.5, 0.6) is 0 Å². The first-order valence-electron chi connectivity index (χ1n) is 14.3. The van der Waals surface area contributed by atoms with Crippen LogP contribution in [-0.2, 0) is 27.2 Å². The van der Waals surface area contributed by atoms with Gasteiger partial charge in [0.2, 0.25) is 17.7 Å². The summed E-state index contributed by atoms with van der Waals surface area (Å²) in [4.78, 5) is 43.7. The third-order valence-corrected chi connectivity index (χ3v) is 7.21. The Balaban J connectivity index is 1.95. The minimum atomic E-state index is -0.873. The Morgan fingerprint density at radius 3 is 2.14 bits per heavy atom. The van der Waals surface area contributed by atoms with Crippen LogP contribution in [0.3, 0.4) is 0 Å². The number of carbonyl (C=O) groups is 3. The maximum Gasteiger partial charge on any atom is 0.246 e. The van der Waals surface area contributed by atoms with Crippen molar-refractivity contribution < 1.29 is 19.5 Å². The van der Waals surface area contributed by atoms with Crippen molar-refractivity contribution in [3.05, 3.63) is 96.1 Å². The van der Waals surface area contributed by atoms with Crippen LogP contribution in [0.4, 0.5) is 0 Å². The highest BCUT2D eigenvalue weighted by atomic mass is 16.3. The first-order chi connectivity index (χ1) is 19.9. The number of nitrogens with zero attached hydrogens (tertiary/aromatic N) is 2. The number of fused-ring (bicyclic) bond motifs is 1. The maximum absolute atomic E-state index is 14.2. The van der Waals surface area contributed by atoms with Crippen LogP contribution in [0, 0.1) is 0 Å². The average molecular weight is 573 g/mol. The zero-order valence-corrected chi connectivity index (χ0v) is 25.3. The number of aliphatic hydroxyl groups excluding tert-OH is 1. The van der Waals surface area contributed by atoms with E-state index in [4.69, 9.17) is 5.73 Å². The molecule has 8 heteroatoms. The molecule has 0 aliphatic carbocycles. The van der Waals surface area contributed by atoms with E-state index in [-0.39, 0.29) is 37.1 Å². The molecule has 3 rings (SSSR count). The molecule has 1 unspecified atom stereocenters. The maximum atomic E-state index is 14.2. The zero-order valence-electron chi connectivity index (χ0n) is 25.3. The summed E-state index contributed by atoms with van der Waals surface area (Å²) in [5, 5.41) is 14.6. The molecule has 0 aliphatic heterocycles. The summed E-state index contributed by atoms with van der Waals surface area (Å²) >= 11 is 0. The van der Waals surface area contributed by atoms with Crippen molar-refractivity contribution in [1.82, 2.24) is 15.1 Å². The lowest BCUT2D eigenvalue weighted by Crippen LogP contribution is -2.56. The van der Waals surface area contributed by atoms with Crippen molar-refractivity contribution in [2.24, 2.45) is 5.73 Å². The monoisotopic (exact) mass is 572 g/mol. The van der Waals surface area contributed by atoms with Crippen molar-refractivity contribution in [2.45, 2.75) is 63.8 Å². The lowest BCUT2D eigenvalue weighted by atomic mass is 9.98. The molecule has 0 radical (unpaired) electrons. The Labute approximate surface area is 249 Å². The predicted octanol–water partition coefficient (Wildman–Crippen LogP) is 3.46. The van der Waals surface area contributed by atoms with E-state index in [2.05, 4.69) is 5.32 Å². The Kier molecular flexibility index (Phi) is 11.4. The highest BCUT2D eigenvalue weighted by Gasteiger charge is 2.35. The summed E-state index contributed by atoms with van der Waals surface area (Å²) in [5.74, 6) is -1.07. The Hall–Kier alpha value is -4.01. The molecule has 4 N–H and O–H groups in total. The molecular formula is C34H44N4O4. The summed E-state index contributed by atoms with van der Waals surface area (Å²) in [6.07, 6.45) is 3.48. The van der Waals surface area contributed by atoms with Crippen LogP contribution in [0.1, 0.15) is 38.3 Å². The van der Waals surface area contributed by atoms with Crippen LogP contribution in [0.15, 0.2) is 84.9 Å². The Bertz CT molecular complexity index is 1380. The van der Waals surface area contributed by atoms with E-state index >= 15 is 0 Å². The van der Waals surface area contributed by atoms with Gasteiger partial charge >= 0.3 is 0 Å². The lowest BCUT2D eigenvalue weighted by Gasteiger charge is -2.34. The predicted molar refractivity (Wildman–Crippen MR) is 168 cm³/mol. The molecule has 3 amide bonds. The highest BCUT2D eigenvalue weighted by Crippen LogP contribution is 2.20. The van der Waals surface area contributed by atoms with Crippen LogP contribution in [0.25, 0.3) is 10.8 Å². The normalized spacial score (nSPS) is 13.9. The van der Waals surface area contributed by atoms with Crippen molar-refractivity contribution in [1.29, 1.82) is 0 Å². The Morgan fingerprint density at radius 2 is 1.50 bits per heavy atom. The van der Waals surface area contributed by atoms with Gasteiger partial charge in [0.15, 0.2) is 0 Å². The second-order valence-electron chi connectivity index (χ2n) is 11.7. The molecule has 0 saturated carbocycles. The number of aliphatic hydroxyl groups is 1. The standard InChI is InChI=1S/C34H44N4O4/c1-24(39)23-36-32(41)29(21-25-12-7-6-8-13-25)38(5)33(42)30(37(4)31(40)16-11-19-34(2,3)35)22-26-17-18-27-14-9-10-15-28(27)20-26/h6-18,20,24,29-30,39H,19,21-23,35H2,1-5H3,(H,36,41)/t24-,29+,30?/m0/s1. The molecule has 0 saturated heterocycles. The van der Waals surface area contributed by atoms with E-state index in [1.807, 2.05) is 86.6 Å². The minimum Gasteiger partial charge on any atom is -0.392 e. The second kappa shape index (κ2) is 14.8.